The van der Waals surface area contributed by atoms with Crippen LogP contribution in [-0.4, -0.2) is 89.0 Å². The average Bonchev–Trinajstić information content (AvgIpc) is 2.94. The minimum Gasteiger partial charge on any atom is -0.508 e. The van der Waals surface area contributed by atoms with Crippen molar-refractivity contribution in [1.29, 1.82) is 0 Å². The van der Waals surface area contributed by atoms with Crippen LogP contribution >= 0.6 is 0 Å². The molecular formula is C31H33F3N4O8. The molecule has 1 fully saturated rings. The molecule has 46 heavy (non-hydrogen) atoms. The Labute approximate surface area is 261 Å². The molecular weight excluding hydrogens is 613 g/mol. The van der Waals surface area contributed by atoms with E-state index in [1.165, 1.54) is 31.1 Å². The van der Waals surface area contributed by atoms with Gasteiger partial charge in [0.15, 0.2) is 11.4 Å². The monoisotopic (exact) mass is 646 g/mol. The highest BCUT2D eigenvalue weighted by Crippen LogP contribution is 2.54. The van der Waals surface area contributed by atoms with E-state index >= 15 is 0 Å². The summed E-state index contributed by atoms with van der Waals surface area (Å²) in [6.45, 7) is 0.0420. The number of aliphatic hydroxyl groups excluding tert-OH is 2. The predicted octanol–water partition coefficient (Wildman–Crippen LogP) is 2.54. The van der Waals surface area contributed by atoms with E-state index < -0.39 is 75.9 Å². The highest BCUT2D eigenvalue weighted by molar-refractivity contribution is 6.24. The molecule has 4 atom stereocenters. The van der Waals surface area contributed by atoms with Gasteiger partial charge >= 0.3 is 6.36 Å². The number of nitrogens with two attached hydrogens (primary N) is 1. The van der Waals surface area contributed by atoms with Gasteiger partial charge in [-0.15, -0.1) is 13.2 Å². The largest absolute Gasteiger partial charge is 0.573 e. The molecule has 0 unspecified atom stereocenters. The van der Waals surface area contributed by atoms with Gasteiger partial charge in [0.1, 0.15) is 28.6 Å². The summed E-state index contributed by atoms with van der Waals surface area (Å²) in [6.07, 6.45) is -4.78. The number of Topliss-reactive ketones (excluding diaryl/α,β-unsaturated/α-hetero) is 2. The average molecular weight is 647 g/mol. The molecule has 2 aromatic carbocycles. The fourth-order valence-corrected chi connectivity index (χ4v) is 6.83. The molecule has 0 saturated heterocycles. The summed E-state index contributed by atoms with van der Waals surface area (Å²) in [5.41, 5.74) is 3.02. The zero-order valence-corrected chi connectivity index (χ0v) is 25.3. The molecule has 5 rings (SSSR count). The van der Waals surface area contributed by atoms with Crippen LogP contribution in [0.1, 0.15) is 23.1 Å². The number of fused-ring (bicyclic) bond motifs is 3. The number of hydrogen-bond acceptors (Lipinski definition) is 11. The number of aromatic hydroxyl groups is 1. The first-order valence-electron chi connectivity index (χ1n) is 14.2. The molecule has 0 radical (unpaired) electrons. The second kappa shape index (κ2) is 11.2. The van der Waals surface area contributed by atoms with Gasteiger partial charge in [0.25, 0.3) is 5.91 Å². The molecule has 3 aliphatic carbocycles. The molecule has 15 heteroatoms. The number of alkyl halides is 3. The Morgan fingerprint density at radius 2 is 1.74 bits per heavy atom. The fourth-order valence-electron chi connectivity index (χ4n) is 6.83. The van der Waals surface area contributed by atoms with E-state index in [1.807, 2.05) is 0 Å². The second-order valence-corrected chi connectivity index (χ2v) is 12.0. The van der Waals surface area contributed by atoms with Gasteiger partial charge < -0.3 is 41.1 Å². The number of benzene rings is 2. The van der Waals surface area contributed by atoms with Gasteiger partial charge in [-0.1, -0.05) is 12.1 Å². The summed E-state index contributed by atoms with van der Waals surface area (Å²) in [4.78, 5) is 42.7. The van der Waals surface area contributed by atoms with Crippen LogP contribution in [0.5, 0.6) is 11.5 Å². The minimum atomic E-state index is -4.84. The molecule has 1 saturated carbocycles. The van der Waals surface area contributed by atoms with Crippen molar-refractivity contribution in [2.24, 2.45) is 17.6 Å². The van der Waals surface area contributed by atoms with Crippen LogP contribution < -0.4 is 20.7 Å². The van der Waals surface area contributed by atoms with Gasteiger partial charge in [-0.05, 0) is 62.2 Å². The number of ether oxygens (including phenoxy) is 1. The van der Waals surface area contributed by atoms with Gasteiger partial charge in [0.05, 0.1) is 17.3 Å². The fraction of sp³-hybridized carbons (Fsp3) is 0.387. The molecule has 0 spiro atoms. The topological polar surface area (TPSA) is 186 Å². The molecule has 3 aliphatic rings. The van der Waals surface area contributed by atoms with Crippen LogP contribution in [0.15, 0.2) is 47.2 Å². The molecule has 2 aromatic rings. The predicted molar refractivity (Wildman–Crippen MR) is 159 cm³/mol. The first kappa shape index (κ1) is 32.6. The van der Waals surface area contributed by atoms with E-state index in [2.05, 4.69) is 10.1 Å². The molecule has 0 heterocycles. The Balaban J connectivity index is 1.58. The molecule has 7 N–H and O–H groups in total. The lowest BCUT2D eigenvalue weighted by molar-refractivity contribution is -0.274. The second-order valence-electron chi connectivity index (χ2n) is 12.0. The lowest BCUT2D eigenvalue weighted by Crippen LogP contribution is -2.65. The van der Waals surface area contributed by atoms with Gasteiger partial charge in [-0.3, -0.25) is 19.3 Å². The Kier molecular flexibility index (Phi) is 7.97. The number of phenols is 1. The van der Waals surface area contributed by atoms with Crippen molar-refractivity contribution in [2.75, 3.05) is 38.4 Å². The number of hydrogen-bond donors (Lipinski definition) is 6. The Morgan fingerprint density at radius 1 is 1.11 bits per heavy atom. The summed E-state index contributed by atoms with van der Waals surface area (Å²) >= 11 is 0. The molecule has 1 amide bonds. The molecule has 0 aromatic heterocycles. The van der Waals surface area contributed by atoms with Gasteiger partial charge in [0.2, 0.25) is 5.78 Å². The quantitative estimate of drug-likeness (QED) is 0.192. The number of aliphatic hydroxyl groups is 3. The first-order chi connectivity index (χ1) is 21.4. The number of anilines is 2. The Morgan fingerprint density at radius 3 is 2.28 bits per heavy atom. The normalized spacial score (nSPS) is 24.4. The zero-order chi connectivity index (χ0) is 34.0. The number of nitrogens with one attached hydrogen (secondary N) is 1. The van der Waals surface area contributed by atoms with Crippen LogP contribution in [0.2, 0.25) is 0 Å². The van der Waals surface area contributed by atoms with Crippen LogP contribution in [-0.2, 0) is 27.3 Å². The standard InChI is InChI=1S/C31H33F3N4O8/c1-37(2)19-11-18(36-12-13-5-7-15(8-6-13)46-31(32,33)34)24(39)21-16(19)9-14-10-17-23(38(3)4)26(41)22(29(35)44)28(43)30(17,45)27(42)20(14)25(21)40/h5-8,11,14,17,23,36,39-40,43,45H,9-10,12H2,1-4H3,(H2,35,44)/t14-,17-,23-,30-/m1/s1. The molecule has 12 nitrogen and oxygen atoms in total. The van der Waals surface area contributed by atoms with Crippen LogP contribution in [0.4, 0.5) is 24.5 Å². The zero-order valence-electron chi connectivity index (χ0n) is 25.3. The van der Waals surface area contributed by atoms with E-state index in [0.29, 0.717) is 16.8 Å². The molecule has 246 valence electrons. The summed E-state index contributed by atoms with van der Waals surface area (Å²) in [7, 11) is 6.50. The first-order valence-corrected chi connectivity index (χ1v) is 14.2. The Hall–Kier alpha value is -4.76. The lowest BCUT2D eigenvalue weighted by Gasteiger charge is -2.50. The highest BCUT2D eigenvalue weighted by atomic mass is 19.4. The third-order valence-electron chi connectivity index (χ3n) is 8.82. The number of primary amides is 1. The summed E-state index contributed by atoms with van der Waals surface area (Å²) < 4.78 is 41.4. The van der Waals surface area contributed by atoms with Crippen molar-refractivity contribution in [1.82, 2.24) is 4.90 Å². The molecule has 0 aliphatic heterocycles. The smallest absolute Gasteiger partial charge is 0.508 e. The van der Waals surface area contributed by atoms with Crippen molar-refractivity contribution in [2.45, 2.75) is 37.4 Å². The molecule has 0 bridgehead atoms. The van der Waals surface area contributed by atoms with Crippen molar-refractivity contribution in [3.63, 3.8) is 0 Å². The third kappa shape index (κ3) is 5.18. The summed E-state index contributed by atoms with van der Waals surface area (Å²) in [5, 5.41) is 48.8. The number of carbonyl (C=O) groups excluding carboxylic acids is 3. The number of halogens is 3. The van der Waals surface area contributed by atoms with Crippen molar-refractivity contribution in [3.05, 3.63) is 63.9 Å². The number of carbonyl (C=O) groups is 3. The maximum Gasteiger partial charge on any atom is 0.573 e. The van der Waals surface area contributed by atoms with Gasteiger partial charge in [-0.2, -0.15) is 0 Å². The van der Waals surface area contributed by atoms with Crippen molar-refractivity contribution < 1.29 is 52.7 Å². The van der Waals surface area contributed by atoms with E-state index in [0.717, 1.165) is 12.1 Å². The van der Waals surface area contributed by atoms with Crippen molar-refractivity contribution in [3.8, 4) is 11.5 Å². The van der Waals surface area contributed by atoms with E-state index in [9.17, 15) is 48.0 Å². The number of nitrogens with zero attached hydrogens (tertiary/aromatic N) is 2. The lowest BCUT2D eigenvalue weighted by atomic mass is 9.57. The maximum atomic E-state index is 14.1. The maximum absolute atomic E-state index is 14.1. The minimum absolute atomic E-state index is 0.0420. The SMILES string of the molecule is CN(C)c1cc(NCc2ccc(OC(F)(F)F)cc2)c(O)c2c1C[C@@H]1C[C@@H]3[C@@H](N(C)C)C(=O)C(C(N)=O)=C(O)[C@]3(O)C(=O)C1=C2O. The van der Waals surface area contributed by atoms with Gasteiger partial charge in [0, 0.05) is 37.8 Å². The summed E-state index contributed by atoms with van der Waals surface area (Å²) in [5.74, 6) is -7.89. The van der Waals surface area contributed by atoms with Crippen LogP contribution in [0, 0.1) is 11.8 Å². The highest BCUT2D eigenvalue weighted by Gasteiger charge is 2.64. The number of likely N-dealkylation sites (N-methyl/N-ethyl adjacent to an activating group) is 1. The number of ketones is 2. The number of phenolic OH excluding ortho intramolecular Hbond substituents is 1. The van der Waals surface area contributed by atoms with E-state index in [-0.39, 0.29) is 36.2 Å². The van der Waals surface area contributed by atoms with Crippen LogP contribution in [0.3, 0.4) is 0 Å². The van der Waals surface area contributed by atoms with Gasteiger partial charge in [-0.25, -0.2) is 0 Å². The Bertz CT molecular complexity index is 1700. The van der Waals surface area contributed by atoms with E-state index in [4.69, 9.17) is 5.73 Å². The summed E-state index contributed by atoms with van der Waals surface area (Å²) in [6, 6.07) is 5.50. The number of rotatable bonds is 7. The third-order valence-corrected chi connectivity index (χ3v) is 8.82. The van der Waals surface area contributed by atoms with Crippen molar-refractivity contribution >= 4 is 34.6 Å². The van der Waals surface area contributed by atoms with E-state index in [1.54, 1.807) is 25.1 Å². The number of amides is 1. The van der Waals surface area contributed by atoms with Crippen LogP contribution in [0.25, 0.3) is 5.76 Å².